The van der Waals surface area contributed by atoms with Gasteiger partial charge in [0, 0.05) is 29.5 Å². The van der Waals surface area contributed by atoms with E-state index in [4.69, 9.17) is 11.6 Å². The fraction of sp³-hybridized carbons (Fsp3) is 0.571. The van der Waals surface area contributed by atoms with E-state index in [0.29, 0.717) is 0 Å². The van der Waals surface area contributed by atoms with Crippen LogP contribution >= 0.6 is 27.5 Å². The maximum atomic E-state index is 5.92. The van der Waals surface area contributed by atoms with E-state index in [1.54, 1.807) is 0 Å². The fourth-order valence-electron chi connectivity index (χ4n) is 2.59. The SMILES string of the molecule is Clc1ccc(CN(CCBr)C2CCCC2)cc1. The maximum Gasteiger partial charge on any atom is 0.0406 e. The second-order valence-corrected chi connectivity index (χ2v) is 5.95. The Labute approximate surface area is 117 Å². The summed E-state index contributed by atoms with van der Waals surface area (Å²) in [4.78, 5) is 2.60. The van der Waals surface area contributed by atoms with Crippen molar-refractivity contribution in [1.29, 1.82) is 0 Å². The van der Waals surface area contributed by atoms with Gasteiger partial charge in [0.15, 0.2) is 0 Å². The molecule has 1 nitrogen and oxygen atoms in total. The molecule has 0 unspecified atom stereocenters. The van der Waals surface area contributed by atoms with Crippen LogP contribution in [0.25, 0.3) is 0 Å². The number of nitrogens with zero attached hydrogens (tertiary/aromatic N) is 1. The summed E-state index contributed by atoms with van der Waals surface area (Å²) < 4.78 is 0. The van der Waals surface area contributed by atoms with E-state index >= 15 is 0 Å². The minimum Gasteiger partial charge on any atom is -0.295 e. The molecule has 1 saturated carbocycles. The van der Waals surface area contributed by atoms with Crippen molar-refractivity contribution in [3.8, 4) is 0 Å². The number of halogens is 2. The highest BCUT2D eigenvalue weighted by Crippen LogP contribution is 2.25. The molecule has 1 fully saturated rings. The first-order valence-corrected chi connectivity index (χ1v) is 7.84. The molecule has 1 aromatic rings. The molecular weight excluding hydrogens is 298 g/mol. The molecule has 1 aromatic carbocycles. The monoisotopic (exact) mass is 315 g/mol. The number of alkyl halides is 1. The Balaban J connectivity index is 1.98. The van der Waals surface area contributed by atoms with Crippen molar-refractivity contribution in [2.45, 2.75) is 38.3 Å². The van der Waals surface area contributed by atoms with E-state index in [2.05, 4.69) is 33.0 Å². The van der Waals surface area contributed by atoms with Crippen molar-refractivity contribution in [1.82, 2.24) is 4.90 Å². The van der Waals surface area contributed by atoms with Crippen molar-refractivity contribution in [3.05, 3.63) is 34.9 Å². The van der Waals surface area contributed by atoms with Gasteiger partial charge >= 0.3 is 0 Å². The van der Waals surface area contributed by atoms with Gasteiger partial charge in [0.05, 0.1) is 0 Å². The molecule has 0 aliphatic heterocycles. The van der Waals surface area contributed by atoms with E-state index in [-0.39, 0.29) is 0 Å². The topological polar surface area (TPSA) is 3.24 Å². The lowest BCUT2D eigenvalue weighted by molar-refractivity contribution is 0.202. The van der Waals surface area contributed by atoms with Gasteiger partial charge in [-0.1, -0.05) is 52.5 Å². The molecule has 17 heavy (non-hydrogen) atoms. The van der Waals surface area contributed by atoms with Crippen LogP contribution in [0.5, 0.6) is 0 Å². The minimum absolute atomic E-state index is 0.781. The second-order valence-electron chi connectivity index (χ2n) is 4.72. The predicted octanol–water partition coefficient (Wildman–Crippen LogP) is 4.48. The molecule has 0 N–H and O–H groups in total. The summed E-state index contributed by atoms with van der Waals surface area (Å²) in [5, 5.41) is 1.87. The first-order valence-electron chi connectivity index (χ1n) is 6.34. The van der Waals surface area contributed by atoms with E-state index < -0.39 is 0 Å². The van der Waals surface area contributed by atoms with Crippen LogP contribution < -0.4 is 0 Å². The summed E-state index contributed by atoms with van der Waals surface area (Å²) in [5.74, 6) is 0. The quantitative estimate of drug-likeness (QED) is 0.724. The lowest BCUT2D eigenvalue weighted by atomic mass is 10.1. The Kier molecular flexibility index (Phi) is 5.33. The maximum absolute atomic E-state index is 5.92. The second kappa shape index (κ2) is 6.77. The highest BCUT2D eigenvalue weighted by atomic mass is 79.9. The Morgan fingerprint density at radius 2 is 1.82 bits per heavy atom. The van der Waals surface area contributed by atoms with Gasteiger partial charge in [0.1, 0.15) is 0 Å². The largest absolute Gasteiger partial charge is 0.295 e. The summed E-state index contributed by atoms with van der Waals surface area (Å²) in [6.07, 6.45) is 5.51. The molecule has 0 atom stereocenters. The number of benzene rings is 1. The van der Waals surface area contributed by atoms with Crippen molar-refractivity contribution in [2.75, 3.05) is 11.9 Å². The Morgan fingerprint density at radius 1 is 1.18 bits per heavy atom. The summed E-state index contributed by atoms with van der Waals surface area (Å²) in [5.41, 5.74) is 1.36. The number of hydrogen-bond donors (Lipinski definition) is 0. The molecule has 0 saturated heterocycles. The standard InChI is InChI=1S/C14H19BrClN/c15-9-10-17(14-3-1-2-4-14)11-12-5-7-13(16)8-6-12/h5-8,14H,1-4,9-11H2. The first-order chi connectivity index (χ1) is 8.29. The number of rotatable bonds is 5. The van der Waals surface area contributed by atoms with Crippen molar-refractivity contribution < 1.29 is 0 Å². The molecule has 1 aliphatic carbocycles. The average molecular weight is 317 g/mol. The highest BCUT2D eigenvalue weighted by molar-refractivity contribution is 9.09. The van der Waals surface area contributed by atoms with Crippen LogP contribution in [0.15, 0.2) is 24.3 Å². The fourth-order valence-corrected chi connectivity index (χ4v) is 3.17. The van der Waals surface area contributed by atoms with Gasteiger partial charge in [0.25, 0.3) is 0 Å². The smallest absolute Gasteiger partial charge is 0.0406 e. The van der Waals surface area contributed by atoms with E-state index in [1.807, 2.05) is 12.1 Å². The molecule has 0 radical (unpaired) electrons. The normalized spacial score (nSPS) is 16.9. The zero-order chi connectivity index (χ0) is 12.1. The predicted molar refractivity (Wildman–Crippen MR) is 77.9 cm³/mol. The third kappa shape index (κ3) is 3.97. The summed E-state index contributed by atoms with van der Waals surface area (Å²) in [6.45, 7) is 2.18. The molecule has 0 spiro atoms. The molecule has 0 amide bonds. The van der Waals surface area contributed by atoms with Crippen molar-refractivity contribution >= 4 is 27.5 Å². The summed E-state index contributed by atoms with van der Waals surface area (Å²) in [7, 11) is 0. The van der Waals surface area contributed by atoms with Gasteiger partial charge in [-0.3, -0.25) is 4.90 Å². The van der Waals surface area contributed by atoms with Gasteiger partial charge in [-0.2, -0.15) is 0 Å². The van der Waals surface area contributed by atoms with Crippen LogP contribution in [0.4, 0.5) is 0 Å². The summed E-state index contributed by atoms with van der Waals surface area (Å²) >= 11 is 9.47. The molecule has 1 aliphatic rings. The van der Waals surface area contributed by atoms with Crippen molar-refractivity contribution in [2.24, 2.45) is 0 Å². The molecule has 0 aromatic heterocycles. The average Bonchev–Trinajstić information content (AvgIpc) is 2.85. The van der Waals surface area contributed by atoms with Crippen LogP contribution in [-0.2, 0) is 6.54 Å². The van der Waals surface area contributed by atoms with Gasteiger partial charge < -0.3 is 0 Å². The highest BCUT2D eigenvalue weighted by Gasteiger charge is 2.21. The van der Waals surface area contributed by atoms with Crippen LogP contribution in [0.2, 0.25) is 5.02 Å². The summed E-state index contributed by atoms with van der Waals surface area (Å²) in [6, 6.07) is 9.02. The Hall–Kier alpha value is -0.0500. The van der Waals surface area contributed by atoms with Crippen LogP contribution in [0.3, 0.4) is 0 Å². The van der Waals surface area contributed by atoms with E-state index in [0.717, 1.165) is 29.5 Å². The van der Waals surface area contributed by atoms with Crippen LogP contribution in [0, 0.1) is 0 Å². The van der Waals surface area contributed by atoms with E-state index in [9.17, 15) is 0 Å². The lowest BCUT2D eigenvalue weighted by Gasteiger charge is -2.28. The van der Waals surface area contributed by atoms with Crippen LogP contribution in [0.1, 0.15) is 31.2 Å². The molecule has 3 heteroatoms. The minimum atomic E-state index is 0.781. The molecule has 2 rings (SSSR count). The molecule has 0 bridgehead atoms. The Morgan fingerprint density at radius 3 is 2.41 bits per heavy atom. The van der Waals surface area contributed by atoms with Gasteiger partial charge in [-0.05, 0) is 30.5 Å². The van der Waals surface area contributed by atoms with Gasteiger partial charge in [0.2, 0.25) is 0 Å². The molecule has 94 valence electrons. The van der Waals surface area contributed by atoms with Crippen molar-refractivity contribution in [3.63, 3.8) is 0 Å². The third-order valence-electron chi connectivity index (χ3n) is 3.51. The lowest BCUT2D eigenvalue weighted by Crippen LogP contribution is -2.34. The van der Waals surface area contributed by atoms with Gasteiger partial charge in [-0.15, -0.1) is 0 Å². The first kappa shape index (κ1) is 13.4. The van der Waals surface area contributed by atoms with Gasteiger partial charge in [-0.25, -0.2) is 0 Å². The molecule has 0 heterocycles. The van der Waals surface area contributed by atoms with E-state index in [1.165, 1.54) is 31.2 Å². The molecular formula is C14H19BrClN. The number of hydrogen-bond acceptors (Lipinski definition) is 1. The zero-order valence-electron chi connectivity index (χ0n) is 10.0. The zero-order valence-corrected chi connectivity index (χ0v) is 12.4. The Bertz CT molecular complexity index is 333. The third-order valence-corrected chi connectivity index (χ3v) is 4.12. The van der Waals surface area contributed by atoms with Crippen LogP contribution in [-0.4, -0.2) is 22.8 Å².